The summed E-state index contributed by atoms with van der Waals surface area (Å²) in [5.41, 5.74) is 6.12. The van der Waals surface area contributed by atoms with Gasteiger partial charge in [-0.05, 0) is 45.0 Å². The number of carbonyl (C=O) groups excluding carboxylic acids is 1. The van der Waals surface area contributed by atoms with Crippen molar-refractivity contribution in [3.05, 3.63) is 23.8 Å². The topological polar surface area (TPSA) is 64.8 Å². The zero-order valence-electron chi connectivity index (χ0n) is 12.7. The maximum atomic E-state index is 12.5. The van der Waals surface area contributed by atoms with Gasteiger partial charge in [0.15, 0.2) is 11.5 Å². The van der Waals surface area contributed by atoms with Gasteiger partial charge >= 0.3 is 0 Å². The van der Waals surface area contributed by atoms with Crippen LogP contribution >= 0.6 is 0 Å². The summed E-state index contributed by atoms with van der Waals surface area (Å²) in [7, 11) is 3.13. The van der Waals surface area contributed by atoms with Crippen LogP contribution in [0.1, 0.15) is 30.6 Å². The van der Waals surface area contributed by atoms with Crippen LogP contribution in [0.25, 0.3) is 0 Å². The Kier molecular flexibility index (Phi) is 6.31. The van der Waals surface area contributed by atoms with Crippen LogP contribution in [0, 0.1) is 0 Å². The van der Waals surface area contributed by atoms with Crippen molar-refractivity contribution in [3.8, 4) is 11.5 Å². The highest BCUT2D eigenvalue weighted by Gasteiger charge is 2.19. The maximum absolute atomic E-state index is 12.5. The monoisotopic (exact) mass is 280 g/mol. The lowest BCUT2D eigenvalue weighted by Crippen LogP contribution is -2.38. The highest BCUT2D eigenvalue weighted by molar-refractivity contribution is 5.95. The highest BCUT2D eigenvalue weighted by Crippen LogP contribution is 2.28. The van der Waals surface area contributed by atoms with Crippen molar-refractivity contribution in [1.29, 1.82) is 0 Å². The molecule has 20 heavy (non-hydrogen) atoms. The van der Waals surface area contributed by atoms with E-state index in [1.54, 1.807) is 32.4 Å². The van der Waals surface area contributed by atoms with Crippen LogP contribution in [0.4, 0.5) is 0 Å². The number of hydrogen-bond acceptors (Lipinski definition) is 4. The third-order valence-electron chi connectivity index (χ3n) is 3.12. The lowest BCUT2D eigenvalue weighted by Gasteiger charge is -2.27. The Hall–Kier alpha value is -1.75. The van der Waals surface area contributed by atoms with Crippen molar-refractivity contribution in [1.82, 2.24) is 4.90 Å². The van der Waals surface area contributed by atoms with E-state index >= 15 is 0 Å². The molecular formula is C15H24N2O3. The first-order chi connectivity index (χ1) is 9.54. The first kappa shape index (κ1) is 16.3. The minimum atomic E-state index is -0.0191. The predicted molar refractivity (Wildman–Crippen MR) is 79.4 cm³/mol. The molecule has 1 aromatic rings. The average Bonchev–Trinajstić information content (AvgIpc) is 2.46. The number of carbonyl (C=O) groups is 1. The molecule has 0 saturated carbocycles. The van der Waals surface area contributed by atoms with Gasteiger partial charge in [0.05, 0.1) is 14.2 Å². The summed E-state index contributed by atoms with van der Waals surface area (Å²) in [5, 5.41) is 0. The van der Waals surface area contributed by atoms with Crippen LogP contribution < -0.4 is 15.2 Å². The van der Waals surface area contributed by atoms with Gasteiger partial charge < -0.3 is 20.1 Å². The standard InChI is InChI=1S/C15H24N2O3/c1-11(2)17(9-5-8-16)15(18)12-6-7-13(19-3)14(10-12)20-4/h6-7,10-11H,5,8-9,16H2,1-4H3. The molecule has 0 radical (unpaired) electrons. The maximum Gasteiger partial charge on any atom is 0.254 e. The number of benzene rings is 1. The molecule has 1 rings (SSSR count). The Morgan fingerprint density at radius 1 is 1.25 bits per heavy atom. The van der Waals surface area contributed by atoms with Crippen molar-refractivity contribution in [2.75, 3.05) is 27.3 Å². The molecule has 0 spiro atoms. The predicted octanol–water partition coefficient (Wildman–Crippen LogP) is 1.90. The van der Waals surface area contributed by atoms with Crippen molar-refractivity contribution in [2.45, 2.75) is 26.3 Å². The van der Waals surface area contributed by atoms with Gasteiger partial charge in [0.1, 0.15) is 0 Å². The largest absolute Gasteiger partial charge is 0.493 e. The second-order valence-electron chi connectivity index (χ2n) is 4.80. The Morgan fingerprint density at radius 2 is 1.90 bits per heavy atom. The third-order valence-corrected chi connectivity index (χ3v) is 3.12. The average molecular weight is 280 g/mol. The fourth-order valence-corrected chi connectivity index (χ4v) is 1.99. The highest BCUT2D eigenvalue weighted by atomic mass is 16.5. The Labute approximate surface area is 120 Å². The molecule has 5 heteroatoms. The van der Waals surface area contributed by atoms with Gasteiger partial charge in [-0.15, -0.1) is 0 Å². The summed E-state index contributed by atoms with van der Waals surface area (Å²) in [6.45, 7) is 5.22. The molecular weight excluding hydrogens is 256 g/mol. The zero-order valence-corrected chi connectivity index (χ0v) is 12.7. The molecule has 0 unspecified atom stereocenters. The summed E-state index contributed by atoms with van der Waals surface area (Å²) < 4.78 is 10.4. The second-order valence-corrected chi connectivity index (χ2v) is 4.80. The summed E-state index contributed by atoms with van der Waals surface area (Å²) in [5.74, 6) is 1.15. The van der Waals surface area contributed by atoms with Crippen LogP contribution in [-0.4, -0.2) is 44.2 Å². The second kappa shape index (κ2) is 7.75. The number of amides is 1. The number of hydrogen-bond donors (Lipinski definition) is 1. The van der Waals surface area contributed by atoms with Gasteiger partial charge in [-0.25, -0.2) is 0 Å². The smallest absolute Gasteiger partial charge is 0.254 e. The van der Waals surface area contributed by atoms with E-state index < -0.39 is 0 Å². The molecule has 1 amide bonds. The van der Waals surface area contributed by atoms with E-state index in [-0.39, 0.29) is 11.9 Å². The van der Waals surface area contributed by atoms with Crippen LogP contribution in [0.5, 0.6) is 11.5 Å². The summed E-state index contributed by atoms with van der Waals surface area (Å²) in [4.78, 5) is 14.4. The molecule has 112 valence electrons. The van der Waals surface area contributed by atoms with Crippen molar-refractivity contribution >= 4 is 5.91 Å². The van der Waals surface area contributed by atoms with E-state index in [1.807, 2.05) is 18.7 Å². The molecule has 0 atom stereocenters. The Balaban J connectivity index is 2.99. The number of nitrogens with two attached hydrogens (primary N) is 1. The normalized spacial score (nSPS) is 10.5. The first-order valence-electron chi connectivity index (χ1n) is 6.78. The van der Waals surface area contributed by atoms with Gasteiger partial charge in [-0.3, -0.25) is 4.79 Å². The quantitative estimate of drug-likeness (QED) is 0.828. The molecule has 0 heterocycles. The fourth-order valence-electron chi connectivity index (χ4n) is 1.99. The minimum Gasteiger partial charge on any atom is -0.493 e. The van der Waals surface area contributed by atoms with Gasteiger partial charge in [0, 0.05) is 18.2 Å². The fraction of sp³-hybridized carbons (Fsp3) is 0.533. The minimum absolute atomic E-state index is 0.0191. The lowest BCUT2D eigenvalue weighted by atomic mass is 10.1. The van der Waals surface area contributed by atoms with E-state index in [0.29, 0.717) is 30.2 Å². The summed E-state index contributed by atoms with van der Waals surface area (Å²) in [6, 6.07) is 5.33. The van der Waals surface area contributed by atoms with E-state index in [4.69, 9.17) is 15.2 Å². The van der Waals surface area contributed by atoms with E-state index in [0.717, 1.165) is 6.42 Å². The molecule has 0 aliphatic heterocycles. The first-order valence-corrected chi connectivity index (χ1v) is 6.78. The van der Waals surface area contributed by atoms with Crippen LogP contribution in [0.15, 0.2) is 18.2 Å². The van der Waals surface area contributed by atoms with Crippen LogP contribution in [0.2, 0.25) is 0 Å². The number of rotatable bonds is 7. The third kappa shape index (κ3) is 3.87. The Bertz CT molecular complexity index is 447. The lowest BCUT2D eigenvalue weighted by molar-refractivity contribution is 0.0704. The van der Waals surface area contributed by atoms with Crippen LogP contribution in [-0.2, 0) is 0 Å². The molecule has 5 nitrogen and oxygen atoms in total. The molecule has 0 saturated heterocycles. The molecule has 0 fully saturated rings. The van der Waals surface area contributed by atoms with Crippen molar-refractivity contribution in [3.63, 3.8) is 0 Å². The molecule has 0 aromatic heterocycles. The van der Waals surface area contributed by atoms with Gasteiger partial charge in [0.2, 0.25) is 0 Å². The molecule has 1 aromatic carbocycles. The van der Waals surface area contributed by atoms with Crippen LogP contribution in [0.3, 0.4) is 0 Å². The number of methoxy groups -OCH3 is 2. The molecule has 0 bridgehead atoms. The molecule has 2 N–H and O–H groups in total. The van der Waals surface area contributed by atoms with Crippen molar-refractivity contribution < 1.29 is 14.3 Å². The summed E-state index contributed by atoms with van der Waals surface area (Å²) >= 11 is 0. The van der Waals surface area contributed by atoms with Gasteiger partial charge in [0.25, 0.3) is 5.91 Å². The SMILES string of the molecule is COc1ccc(C(=O)N(CCCN)C(C)C)cc1OC. The van der Waals surface area contributed by atoms with E-state index in [2.05, 4.69) is 0 Å². The van der Waals surface area contributed by atoms with Gasteiger partial charge in [-0.1, -0.05) is 0 Å². The molecule has 0 aliphatic rings. The summed E-state index contributed by atoms with van der Waals surface area (Å²) in [6.07, 6.45) is 0.789. The Morgan fingerprint density at radius 3 is 2.40 bits per heavy atom. The molecule has 0 aliphatic carbocycles. The van der Waals surface area contributed by atoms with E-state index in [1.165, 1.54) is 0 Å². The van der Waals surface area contributed by atoms with E-state index in [9.17, 15) is 4.79 Å². The number of nitrogens with zero attached hydrogens (tertiary/aromatic N) is 1. The van der Waals surface area contributed by atoms with Crippen molar-refractivity contribution in [2.24, 2.45) is 5.73 Å². The van der Waals surface area contributed by atoms with Gasteiger partial charge in [-0.2, -0.15) is 0 Å². The zero-order chi connectivity index (χ0) is 15.1. The number of ether oxygens (including phenoxy) is 2.